The van der Waals surface area contributed by atoms with Crippen LogP contribution in [0, 0.1) is 0 Å². The van der Waals surface area contributed by atoms with Gasteiger partial charge in [-0.2, -0.15) is 0 Å². The summed E-state index contributed by atoms with van der Waals surface area (Å²) in [5.41, 5.74) is 4.68. The predicted octanol–water partition coefficient (Wildman–Crippen LogP) is 4.03. The normalized spacial score (nSPS) is 21.1. The minimum absolute atomic E-state index is 0.751. The molecule has 0 saturated heterocycles. The Labute approximate surface area is 104 Å². The van der Waals surface area contributed by atoms with Crippen LogP contribution in [0.1, 0.15) is 24.0 Å². The molecule has 0 radical (unpaired) electrons. The summed E-state index contributed by atoms with van der Waals surface area (Å²) < 4.78 is 5.32. The van der Waals surface area contributed by atoms with Crippen LogP contribution in [0.15, 0.2) is 23.5 Å². The van der Waals surface area contributed by atoms with Crippen LogP contribution in [-0.2, 0) is 6.42 Å². The molecule has 1 aromatic carbocycles. The number of hydrogen-bond acceptors (Lipinski definition) is 1. The Morgan fingerprint density at radius 2 is 1.94 bits per heavy atom. The highest BCUT2D eigenvalue weighted by atomic mass is 31.2. The molecule has 1 aliphatic heterocycles. The maximum Gasteiger partial charge on any atom is 0.119 e. The maximum atomic E-state index is 5.32. The van der Waals surface area contributed by atoms with Crippen molar-refractivity contribution in [2.45, 2.75) is 19.3 Å². The molecule has 0 fully saturated rings. The molecule has 3 rings (SSSR count). The van der Waals surface area contributed by atoms with Gasteiger partial charge in [-0.3, -0.25) is 0 Å². The molecule has 0 unspecified atom stereocenters. The Hall–Kier alpha value is -0.810. The first-order valence-electron chi connectivity index (χ1n) is 6.35. The van der Waals surface area contributed by atoms with Crippen LogP contribution in [0.2, 0.25) is 0 Å². The fourth-order valence-electron chi connectivity index (χ4n) is 3.23. The molecule has 17 heavy (non-hydrogen) atoms. The largest absolute Gasteiger partial charge is 0.497 e. The number of methoxy groups -OCH3 is 1. The molecule has 1 heterocycles. The smallest absolute Gasteiger partial charge is 0.119 e. The topological polar surface area (TPSA) is 9.23 Å². The molecule has 0 saturated carbocycles. The number of hydrogen-bond donors (Lipinski definition) is 0. The van der Waals surface area contributed by atoms with Gasteiger partial charge >= 0.3 is 0 Å². The molecule has 0 N–H and O–H groups in total. The third-order valence-electron chi connectivity index (χ3n) is 4.27. The van der Waals surface area contributed by atoms with Crippen LogP contribution in [0.5, 0.6) is 5.75 Å². The number of fused-ring (bicyclic) bond motifs is 2. The SMILES string of the molecule is COc1ccc2c(c1)CCC1=C2CC[P+]1(C)C. The van der Waals surface area contributed by atoms with Crippen LogP contribution >= 0.6 is 7.26 Å². The van der Waals surface area contributed by atoms with E-state index in [-0.39, 0.29) is 0 Å². The van der Waals surface area contributed by atoms with Crippen LogP contribution in [0.25, 0.3) is 5.57 Å². The number of rotatable bonds is 1. The van der Waals surface area contributed by atoms with E-state index in [0.717, 1.165) is 5.75 Å². The van der Waals surface area contributed by atoms with Crippen molar-refractivity contribution in [2.75, 3.05) is 26.6 Å². The van der Waals surface area contributed by atoms with Crippen molar-refractivity contribution < 1.29 is 4.74 Å². The molecule has 1 nitrogen and oxygen atoms in total. The van der Waals surface area contributed by atoms with Crippen LogP contribution in [0.3, 0.4) is 0 Å². The number of benzene rings is 1. The molecule has 0 aromatic heterocycles. The lowest BCUT2D eigenvalue weighted by Gasteiger charge is -2.21. The first kappa shape index (κ1) is 11.3. The molecule has 0 amide bonds. The van der Waals surface area contributed by atoms with Gasteiger partial charge in [0.25, 0.3) is 0 Å². The number of ether oxygens (including phenoxy) is 1. The van der Waals surface area contributed by atoms with Crippen molar-refractivity contribution in [3.63, 3.8) is 0 Å². The van der Waals surface area contributed by atoms with E-state index in [1.54, 1.807) is 12.7 Å². The lowest BCUT2D eigenvalue weighted by Crippen LogP contribution is -2.03. The fourth-order valence-corrected chi connectivity index (χ4v) is 5.96. The maximum absolute atomic E-state index is 5.32. The molecule has 2 aliphatic rings. The highest BCUT2D eigenvalue weighted by Gasteiger charge is 2.41. The van der Waals surface area contributed by atoms with Crippen molar-refractivity contribution in [3.8, 4) is 5.75 Å². The van der Waals surface area contributed by atoms with E-state index in [9.17, 15) is 0 Å². The van der Waals surface area contributed by atoms with Gasteiger partial charge in [0.1, 0.15) is 5.75 Å². The van der Waals surface area contributed by atoms with Gasteiger partial charge in [-0.25, -0.2) is 0 Å². The lowest BCUT2D eigenvalue weighted by atomic mass is 9.89. The van der Waals surface area contributed by atoms with Crippen LogP contribution < -0.4 is 4.74 Å². The highest BCUT2D eigenvalue weighted by Crippen LogP contribution is 2.69. The Kier molecular flexibility index (Phi) is 2.56. The minimum atomic E-state index is -0.751. The van der Waals surface area contributed by atoms with Gasteiger partial charge < -0.3 is 4.74 Å². The molecule has 1 aromatic rings. The third-order valence-corrected chi connectivity index (χ3v) is 7.57. The Bertz CT molecular complexity index is 500. The van der Waals surface area contributed by atoms with Crippen molar-refractivity contribution in [1.82, 2.24) is 0 Å². The summed E-state index contributed by atoms with van der Waals surface area (Å²) in [7, 11) is 0.999. The van der Waals surface area contributed by atoms with E-state index in [2.05, 4.69) is 31.5 Å². The first-order valence-corrected chi connectivity index (χ1v) is 9.21. The van der Waals surface area contributed by atoms with E-state index in [0.29, 0.717) is 0 Å². The van der Waals surface area contributed by atoms with E-state index < -0.39 is 7.26 Å². The van der Waals surface area contributed by atoms with E-state index in [1.807, 2.05) is 5.31 Å². The Morgan fingerprint density at radius 1 is 1.12 bits per heavy atom. The zero-order valence-electron chi connectivity index (χ0n) is 10.9. The zero-order valence-corrected chi connectivity index (χ0v) is 11.8. The summed E-state index contributed by atoms with van der Waals surface area (Å²) in [5, 5.41) is 1.81. The van der Waals surface area contributed by atoms with Crippen molar-refractivity contribution in [2.24, 2.45) is 0 Å². The second kappa shape index (κ2) is 3.85. The molecule has 0 spiro atoms. The molecule has 2 heteroatoms. The minimum Gasteiger partial charge on any atom is -0.497 e. The van der Waals surface area contributed by atoms with Gasteiger partial charge in [0.15, 0.2) is 0 Å². The molecule has 0 bridgehead atoms. The lowest BCUT2D eigenvalue weighted by molar-refractivity contribution is 0.414. The summed E-state index contributed by atoms with van der Waals surface area (Å²) in [6, 6.07) is 6.61. The van der Waals surface area contributed by atoms with Crippen LogP contribution in [0.4, 0.5) is 0 Å². The highest BCUT2D eigenvalue weighted by molar-refractivity contribution is 7.79. The second-order valence-corrected chi connectivity index (χ2v) is 9.96. The molecule has 1 aliphatic carbocycles. The average Bonchev–Trinajstić information content (AvgIpc) is 2.65. The monoisotopic (exact) mass is 247 g/mol. The molecule has 0 atom stereocenters. The predicted molar refractivity (Wildman–Crippen MR) is 76.5 cm³/mol. The van der Waals surface area contributed by atoms with Crippen LogP contribution in [-0.4, -0.2) is 26.6 Å². The summed E-state index contributed by atoms with van der Waals surface area (Å²) in [6.45, 7) is 5.01. The zero-order chi connectivity index (χ0) is 12.0. The Balaban J connectivity index is 2.10. The molecule has 90 valence electrons. The fraction of sp³-hybridized carbons (Fsp3) is 0.467. The van der Waals surface area contributed by atoms with Gasteiger partial charge in [0.05, 0.1) is 31.9 Å². The average molecular weight is 247 g/mol. The van der Waals surface area contributed by atoms with E-state index >= 15 is 0 Å². The van der Waals surface area contributed by atoms with E-state index in [1.165, 1.54) is 36.6 Å². The van der Waals surface area contributed by atoms with Crippen molar-refractivity contribution in [3.05, 3.63) is 34.6 Å². The number of allylic oxidation sites excluding steroid dienone is 2. The van der Waals surface area contributed by atoms with Gasteiger partial charge in [-0.05, 0) is 29.7 Å². The van der Waals surface area contributed by atoms with E-state index in [4.69, 9.17) is 4.74 Å². The van der Waals surface area contributed by atoms with Gasteiger partial charge in [0, 0.05) is 25.7 Å². The summed E-state index contributed by atoms with van der Waals surface area (Å²) in [5.74, 6) is 1.000. The second-order valence-electron chi connectivity index (χ2n) is 5.61. The van der Waals surface area contributed by atoms with Gasteiger partial charge in [-0.1, -0.05) is 6.07 Å². The summed E-state index contributed by atoms with van der Waals surface area (Å²) in [4.78, 5) is 0. The van der Waals surface area contributed by atoms with Crippen molar-refractivity contribution >= 4 is 12.8 Å². The standard InChI is InChI=1S/C15H20OP/c1-16-12-5-6-13-11(10-12)4-7-15-14(13)8-9-17(15,2)3/h5-6,10H,4,7-9H2,1-3H3/q+1. The van der Waals surface area contributed by atoms with Crippen molar-refractivity contribution in [1.29, 1.82) is 0 Å². The number of aryl methyl sites for hydroxylation is 1. The first-order chi connectivity index (χ1) is 8.12. The molecular formula is C15H20OP+. The Morgan fingerprint density at radius 3 is 2.71 bits per heavy atom. The quantitative estimate of drug-likeness (QED) is 0.681. The summed E-state index contributed by atoms with van der Waals surface area (Å²) >= 11 is 0. The third kappa shape index (κ3) is 1.72. The summed E-state index contributed by atoms with van der Waals surface area (Å²) in [6.07, 6.45) is 5.21. The molecular weight excluding hydrogens is 227 g/mol. The van der Waals surface area contributed by atoms with Gasteiger partial charge in [0.2, 0.25) is 0 Å². The van der Waals surface area contributed by atoms with Gasteiger partial charge in [-0.15, -0.1) is 0 Å².